The van der Waals surface area contributed by atoms with Crippen LogP contribution in [0, 0.1) is 0 Å². The van der Waals surface area contributed by atoms with Crippen molar-refractivity contribution in [3.63, 3.8) is 0 Å². The number of methoxy groups -OCH3 is 1. The monoisotopic (exact) mass is 274 g/mol. The molecule has 0 radical (unpaired) electrons. The first-order valence-corrected chi connectivity index (χ1v) is 6.25. The van der Waals surface area contributed by atoms with Gasteiger partial charge in [-0.1, -0.05) is 0 Å². The Kier molecular flexibility index (Phi) is 3.28. The maximum absolute atomic E-state index is 5.39. The van der Waals surface area contributed by atoms with Crippen LogP contribution in [0.5, 0.6) is 23.1 Å². The van der Waals surface area contributed by atoms with Gasteiger partial charge in [-0.05, 0) is 13.0 Å². The van der Waals surface area contributed by atoms with Crippen molar-refractivity contribution in [2.24, 2.45) is 0 Å². The molecule has 20 heavy (non-hydrogen) atoms. The summed E-state index contributed by atoms with van der Waals surface area (Å²) in [6, 6.07) is 5.30. The lowest BCUT2D eigenvalue weighted by Gasteiger charge is -2.09. The van der Waals surface area contributed by atoms with Gasteiger partial charge >= 0.3 is 0 Å². The molecule has 1 aromatic carbocycles. The lowest BCUT2D eigenvalue weighted by Crippen LogP contribution is -1.98. The van der Waals surface area contributed by atoms with Crippen LogP contribution in [-0.4, -0.2) is 30.5 Å². The molecule has 0 aliphatic carbocycles. The Hall–Kier alpha value is -2.50. The molecule has 0 unspecified atom stereocenters. The predicted molar refractivity (Wildman–Crippen MR) is 71.3 cm³/mol. The first kappa shape index (κ1) is 12.5. The van der Waals surface area contributed by atoms with Gasteiger partial charge in [-0.3, -0.25) is 0 Å². The Morgan fingerprint density at radius 3 is 2.80 bits per heavy atom. The minimum atomic E-state index is 0.210. The normalized spacial score (nSPS) is 12.3. The summed E-state index contributed by atoms with van der Waals surface area (Å²) in [6.45, 7) is 2.67. The molecule has 0 saturated heterocycles. The van der Waals surface area contributed by atoms with Crippen LogP contribution >= 0.6 is 0 Å². The van der Waals surface area contributed by atoms with Crippen molar-refractivity contribution in [2.45, 2.75) is 6.92 Å². The van der Waals surface area contributed by atoms with Crippen molar-refractivity contribution in [3.8, 4) is 34.5 Å². The summed E-state index contributed by atoms with van der Waals surface area (Å²) in [4.78, 5) is 8.62. The van der Waals surface area contributed by atoms with Crippen molar-refractivity contribution in [3.05, 3.63) is 24.4 Å². The van der Waals surface area contributed by atoms with Crippen LogP contribution < -0.4 is 18.9 Å². The second-order valence-electron chi connectivity index (χ2n) is 4.06. The molecule has 0 bridgehead atoms. The first-order chi connectivity index (χ1) is 9.81. The molecule has 0 spiro atoms. The SMILES string of the molecule is CCOc1ccnc(-c2cc3c(cc2OC)OCO3)n1. The molecule has 6 nitrogen and oxygen atoms in total. The predicted octanol–water partition coefficient (Wildman–Crippen LogP) is 2.28. The van der Waals surface area contributed by atoms with Crippen molar-refractivity contribution < 1.29 is 18.9 Å². The van der Waals surface area contributed by atoms with Gasteiger partial charge < -0.3 is 18.9 Å². The first-order valence-electron chi connectivity index (χ1n) is 6.25. The number of ether oxygens (including phenoxy) is 4. The van der Waals surface area contributed by atoms with E-state index in [0.717, 1.165) is 5.56 Å². The molecule has 2 heterocycles. The number of rotatable bonds is 4. The smallest absolute Gasteiger partial charge is 0.231 e. The van der Waals surface area contributed by atoms with E-state index in [9.17, 15) is 0 Å². The Morgan fingerprint density at radius 2 is 2.05 bits per heavy atom. The average Bonchev–Trinajstić information content (AvgIpc) is 2.93. The van der Waals surface area contributed by atoms with Crippen molar-refractivity contribution >= 4 is 0 Å². The largest absolute Gasteiger partial charge is 0.496 e. The number of fused-ring (bicyclic) bond motifs is 1. The molecule has 1 aliphatic rings. The Bertz CT molecular complexity index is 631. The summed E-state index contributed by atoms with van der Waals surface area (Å²) >= 11 is 0. The molecule has 0 N–H and O–H groups in total. The van der Waals surface area contributed by atoms with E-state index in [1.807, 2.05) is 13.0 Å². The molecule has 1 aliphatic heterocycles. The highest BCUT2D eigenvalue weighted by Crippen LogP contribution is 2.41. The molecule has 0 atom stereocenters. The summed E-state index contributed by atoms with van der Waals surface area (Å²) in [6.07, 6.45) is 1.65. The van der Waals surface area contributed by atoms with E-state index in [0.29, 0.717) is 35.6 Å². The fourth-order valence-electron chi connectivity index (χ4n) is 1.97. The molecular formula is C14H14N2O4. The minimum absolute atomic E-state index is 0.210. The van der Waals surface area contributed by atoms with E-state index in [1.54, 1.807) is 25.4 Å². The molecule has 6 heteroatoms. The highest BCUT2D eigenvalue weighted by molar-refractivity contribution is 5.70. The zero-order valence-corrected chi connectivity index (χ0v) is 11.3. The van der Waals surface area contributed by atoms with Crippen LogP contribution in [0.3, 0.4) is 0 Å². The Labute approximate surface area is 116 Å². The van der Waals surface area contributed by atoms with Crippen molar-refractivity contribution in [2.75, 3.05) is 20.5 Å². The number of nitrogens with zero attached hydrogens (tertiary/aromatic N) is 2. The number of hydrogen-bond donors (Lipinski definition) is 0. The molecule has 0 saturated carbocycles. The van der Waals surface area contributed by atoms with Crippen LogP contribution in [0.4, 0.5) is 0 Å². The van der Waals surface area contributed by atoms with Crippen LogP contribution in [0.15, 0.2) is 24.4 Å². The molecule has 3 rings (SSSR count). The summed E-state index contributed by atoms with van der Waals surface area (Å²) in [5.74, 6) is 2.99. The third-order valence-electron chi connectivity index (χ3n) is 2.86. The zero-order valence-electron chi connectivity index (χ0n) is 11.3. The average molecular weight is 274 g/mol. The van der Waals surface area contributed by atoms with Gasteiger partial charge in [0, 0.05) is 18.3 Å². The number of aromatic nitrogens is 2. The van der Waals surface area contributed by atoms with Gasteiger partial charge in [-0.25, -0.2) is 4.98 Å². The molecule has 104 valence electrons. The van der Waals surface area contributed by atoms with Gasteiger partial charge in [0.25, 0.3) is 0 Å². The van der Waals surface area contributed by atoms with Crippen molar-refractivity contribution in [1.82, 2.24) is 9.97 Å². The maximum Gasteiger partial charge on any atom is 0.231 e. The minimum Gasteiger partial charge on any atom is -0.496 e. The van der Waals surface area contributed by atoms with Crippen LogP contribution in [0.25, 0.3) is 11.4 Å². The van der Waals surface area contributed by atoms with Gasteiger partial charge in [0.1, 0.15) is 5.75 Å². The summed E-state index contributed by atoms with van der Waals surface area (Å²) in [7, 11) is 1.59. The zero-order chi connectivity index (χ0) is 13.9. The van der Waals surface area contributed by atoms with Gasteiger partial charge in [-0.2, -0.15) is 4.98 Å². The third kappa shape index (κ3) is 2.20. The van der Waals surface area contributed by atoms with Gasteiger partial charge in [0.05, 0.1) is 19.3 Å². The number of hydrogen-bond acceptors (Lipinski definition) is 6. The second-order valence-corrected chi connectivity index (χ2v) is 4.06. The van der Waals surface area contributed by atoms with E-state index in [4.69, 9.17) is 18.9 Å². The summed E-state index contributed by atoms with van der Waals surface area (Å²) in [5.41, 5.74) is 0.735. The molecule has 2 aromatic rings. The van der Waals surface area contributed by atoms with E-state index < -0.39 is 0 Å². The van der Waals surface area contributed by atoms with Gasteiger partial charge in [-0.15, -0.1) is 0 Å². The molecule has 1 aromatic heterocycles. The Morgan fingerprint density at radius 1 is 1.25 bits per heavy atom. The fourth-order valence-corrected chi connectivity index (χ4v) is 1.97. The van der Waals surface area contributed by atoms with E-state index in [1.165, 1.54) is 0 Å². The number of benzene rings is 1. The topological polar surface area (TPSA) is 62.7 Å². The van der Waals surface area contributed by atoms with Crippen LogP contribution in [-0.2, 0) is 0 Å². The standard InChI is InChI=1S/C14H14N2O4/c1-3-18-13-4-5-15-14(16-13)9-6-11-12(20-8-19-11)7-10(9)17-2/h4-7H,3,8H2,1-2H3. The van der Waals surface area contributed by atoms with E-state index in [2.05, 4.69) is 9.97 Å². The van der Waals surface area contributed by atoms with Gasteiger partial charge in [0.15, 0.2) is 17.3 Å². The second kappa shape index (κ2) is 5.24. The van der Waals surface area contributed by atoms with Gasteiger partial charge in [0.2, 0.25) is 12.7 Å². The lowest BCUT2D eigenvalue weighted by molar-refractivity contribution is 0.174. The maximum atomic E-state index is 5.39. The highest BCUT2D eigenvalue weighted by Gasteiger charge is 2.20. The van der Waals surface area contributed by atoms with Crippen LogP contribution in [0.2, 0.25) is 0 Å². The lowest BCUT2D eigenvalue weighted by atomic mass is 10.1. The third-order valence-corrected chi connectivity index (χ3v) is 2.86. The summed E-state index contributed by atoms with van der Waals surface area (Å²) in [5, 5.41) is 0. The van der Waals surface area contributed by atoms with Crippen molar-refractivity contribution in [1.29, 1.82) is 0 Å². The molecule has 0 amide bonds. The Balaban J connectivity index is 2.06. The quantitative estimate of drug-likeness (QED) is 0.852. The molecular weight excluding hydrogens is 260 g/mol. The highest BCUT2D eigenvalue weighted by atomic mass is 16.7. The fraction of sp³-hybridized carbons (Fsp3) is 0.286. The molecule has 0 fully saturated rings. The summed E-state index contributed by atoms with van der Waals surface area (Å²) < 4.78 is 21.5. The van der Waals surface area contributed by atoms with E-state index in [-0.39, 0.29) is 6.79 Å². The van der Waals surface area contributed by atoms with Crippen LogP contribution in [0.1, 0.15) is 6.92 Å². The van der Waals surface area contributed by atoms with E-state index >= 15 is 0 Å².